The number of nitrogens with zero attached hydrogens (tertiary/aromatic N) is 3. The summed E-state index contributed by atoms with van der Waals surface area (Å²) < 4.78 is 42.2. The number of fused-ring (bicyclic) bond motifs is 1. The third kappa shape index (κ3) is 3.91. The van der Waals surface area contributed by atoms with Crippen molar-refractivity contribution in [3.8, 4) is 11.3 Å². The fourth-order valence-electron chi connectivity index (χ4n) is 4.88. The van der Waals surface area contributed by atoms with Crippen LogP contribution in [0.1, 0.15) is 28.8 Å². The number of aliphatic hydroxyl groups is 1. The van der Waals surface area contributed by atoms with E-state index in [2.05, 4.69) is 15.1 Å². The zero-order valence-corrected chi connectivity index (χ0v) is 17.8. The number of piperidine rings is 1. The number of hydrogen-bond donors (Lipinski definition) is 2. The second kappa shape index (κ2) is 8.31. The van der Waals surface area contributed by atoms with Crippen molar-refractivity contribution < 1.29 is 23.1 Å². The van der Waals surface area contributed by atoms with Gasteiger partial charge in [-0.25, -0.2) is 13.2 Å². The first-order chi connectivity index (χ1) is 15.9. The molecule has 2 atom stereocenters. The zero-order valence-electron chi connectivity index (χ0n) is 17.8. The topological polar surface area (TPSA) is 72.5 Å². The highest BCUT2D eigenvalue weighted by Crippen LogP contribution is 2.36. The summed E-state index contributed by atoms with van der Waals surface area (Å²) in [6.45, 7) is 1.52. The Hall–Kier alpha value is -3.17. The highest BCUT2D eigenvalue weighted by atomic mass is 19.2. The number of carbonyl (C=O) groups excluding carboxylic acids is 1. The molecule has 2 N–H and O–H groups in total. The van der Waals surface area contributed by atoms with E-state index in [0.29, 0.717) is 43.7 Å². The van der Waals surface area contributed by atoms with E-state index in [9.17, 15) is 18.7 Å². The summed E-state index contributed by atoms with van der Waals surface area (Å²) in [6.07, 6.45) is 2.44. The molecule has 0 saturated carbocycles. The molecular formula is C24H23F3N4O2. The average Bonchev–Trinajstić information content (AvgIpc) is 3.35. The van der Waals surface area contributed by atoms with Gasteiger partial charge >= 0.3 is 0 Å². The number of carbonyl (C=O) groups is 1. The Morgan fingerprint density at radius 3 is 2.73 bits per heavy atom. The Labute approximate surface area is 188 Å². The van der Waals surface area contributed by atoms with Crippen LogP contribution in [0.4, 0.5) is 13.2 Å². The van der Waals surface area contributed by atoms with Crippen LogP contribution < -0.4 is 0 Å². The first-order valence-corrected chi connectivity index (χ1v) is 10.9. The highest BCUT2D eigenvalue weighted by Gasteiger charge is 2.42. The van der Waals surface area contributed by atoms with E-state index >= 15 is 4.39 Å². The Balaban J connectivity index is 1.31. The molecule has 172 valence electrons. The normalized spacial score (nSPS) is 23.4. The van der Waals surface area contributed by atoms with E-state index in [1.165, 1.54) is 18.3 Å². The molecule has 0 bridgehead atoms. The van der Waals surface area contributed by atoms with E-state index < -0.39 is 23.1 Å². The van der Waals surface area contributed by atoms with E-state index in [1.807, 2.05) is 0 Å². The molecule has 0 radical (unpaired) electrons. The fourth-order valence-corrected chi connectivity index (χ4v) is 4.88. The van der Waals surface area contributed by atoms with Gasteiger partial charge in [0.2, 0.25) is 0 Å². The van der Waals surface area contributed by atoms with Crippen LogP contribution in [0.15, 0.2) is 48.7 Å². The van der Waals surface area contributed by atoms with Crippen LogP contribution in [0.5, 0.6) is 0 Å². The maximum atomic E-state index is 15.1. The van der Waals surface area contributed by atoms with Gasteiger partial charge in [0.25, 0.3) is 5.91 Å². The van der Waals surface area contributed by atoms with Gasteiger partial charge in [-0.2, -0.15) is 5.10 Å². The van der Waals surface area contributed by atoms with Gasteiger partial charge in [0.15, 0.2) is 11.6 Å². The predicted molar refractivity (Wildman–Crippen MR) is 115 cm³/mol. The van der Waals surface area contributed by atoms with Crippen LogP contribution >= 0.6 is 0 Å². The first kappa shape index (κ1) is 21.7. The third-order valence-electron chi connectivity index (χ3n) is 6.72. The Bertz CT molecular complexity index is 1190. The molecule has 1 aromatic heterocycles. The minimum Gasteiger partial charge on any atom is -0.384 e. The van der Waals surface area contributed by atoms with Crippen molar-refractivity contribution in [3.63, 3.8) is 0 Å². The molecule has 6 nitrogen and oxygen atoms in total. The SMILES string of the molecule is O=C(c1cccc(-c2ccn[nH]2)c1F)N1CCN2C[C@@](O)(c3ccc(F)c(F)c3)CC[C@@H]2C1. The van der Waals surface area contributed by atoms with Gasteiger partial charge in [0.1, 0.15) is 11.4 Å². The summed E-state index contributed by atoms with van der Waals surface area (Å²) in [5.74, 6) is -2.91. The van der Waals surface area contributed by atoms with Gasteiger partial charge in [-0.1, -0.05) is 12.1 Å². The van der Waals surface area contributed by atoms with E-state index in [4.69, 9.17) is 0 Å². The first-order valence-electron chi connectivity index (χ1n) is 10.9. The van der Waals surface area contributed by atoms with E-state index in [1.54, 1.807) is 23.1 Å². The highest BCUT2D eigenvalue weighted by molar-refractivity contribution is 5.96. The standard InChI is InChI=1S/C24H23F3N4O2/c25-19-5-4-15(12-20(19)26)24(33)8-6-16-13-30(10-11-31(16)14-24)23(32)18-3-1-2-17(22(18)27)21-7-9-28-29-21/h1-5,7,9,12,16,33H,6,8,10-11,13-14H2,(H,28,29)/t16-,24-/m1/s1. The van der Waals surface area contributed by atoms with Crippen molar-refractivity contribution in [1.29, 1.82) is 0 Å². The number of amides is 1. The van der Waals surface area contributed by atoms with Crippen LogP contribution in [-0.2, 0) is 5.60 Å². The smallest absolute Gasteiger partial charge is 0.256 e. The lowest BCUT2D eigenvalue weighted by Crippen LogP contribution is -2.60. The Morgan fingerprint density at radius 1 is 1.12 bits per heavy atom. The molecule has 9 heteroatoms. The Kier molecular flexibility index (Phi) is 5.46. The average molecular weight is 456 g/mol. The van der Waals surface area contributed by atoms with Gasteiger partial charge in [-0.15, -0.1) is 0 Å². The van der Waals surface area contributed by atoms with Crippen molar-refractivity contribution in [1.82, 2.24) is 20.0 Å². The number of aromatic amines is 1. The largest absolute Gasteiger partial charge is 0.384 e. The number of benzene rings is 2. The molecule has 0 aliphatic carbocycles. The molecule has 3 heterocycles. The van der Waals surface area contributed by atoms with Crippen molar-refractivity contribution >= 4 is 5.91 Å². The summed E-state index contributed by atoms with van der Waals surface area (Å²) in [5, 5.41) is 17.7. The summed E-state index contributed by atoms with van der Waals surface area (Å²) in [6, 6.07) is 9.83. The third-order valence-corrected chi connectivity index (χ3v) is 6.72. The molecule has 0 unspecified atom stereocenters. The fraction of sp³-hybridized carbons (Fsp3) is 0.333. The molecule has 2 saturated heterocycles. The summed E-state index contributed by atoms with van der Waals surface area (Å²) in [7, 11) is 0. The molecule has 3 aromatic rings. The van der Waals surface area contributed by atoms with Crippen molar-refractivity contribution in [3.05, 3.63) is 77.2 Å². The molecular weight excluding hydrogens is 433 g/mol. The molecule has 33 heavy (non-hydrogen) atoms. The lowest BCUT2D eigenvalue weighted by atomic mass is 9.82. The zero-order chi connectivity index (χ0) is 23.2. The second-order valence-corrected chi connectivity index (χ2v) is 8.71. The van der Waals surface area contributed by atoms with Gasteiger partial charge in [-0.05, 0) is 48.7 Å². The van der Waals surface area contributed by atoms with Crippen molar-refractivity contribution in [2.24, 2.45) is 0 Å². The number of rotatable bonds is 3. The Morgan fingerprint density at radius 2 is 1.97 bits per heavy atom. The maximum Gasteiger partial charge on any atom is 0.256 e. The summed E-state index contributed by atoms with van der Waals surface area (Å²) in [5.41, 5.74) is -0.162. The molecule has 2 aliphatic heterocycles. The number of halogens is 3. The van der Waals surface area contributed by atoms with Crippen molar-refractivity contribution in [2.45, 2.75) is 24.5 Å². The number of piperazine rings is 1. The van der Waals surface area contributed by atoms with E-state index in [-0.39, 0.29) is 29.6 Å². The molecule has 0 spiro atoms. The van der Waals surface area contributed by atoms with Crippen molar-refractivity contribution in [2.75, 3.05) is 26.2 Å². The molecule has 5 rings (SSSR count). The number of nitrogens with one attached hydrogen (secondary N) is 1. The number of hydrogen-bond acceptors (Lipinski definition) is 4. The van der Waals surface area contributed by atoms with Crippen LogP contribution in [0.2, 0.25) is 0 Å². The lowest BCUT2D eigenvalue weighted by molar-refractivity contribution is -0.0742. The molecule has 1 amide bonds. The van der Waals surface area contributed by atoms with Crippen LogP contribution in [0.25, 0.3) is 11.3 Å². The molecule has 2 fully saturated rings. The maximum absolute atomic E-state index is 15.1. The van der Waals surface area contributed by atoms with E-state index in [0.717, 1.165) is 12.1 Å². The van der Waals surface area contributed by atoms with Gasteiger partial charge < -0.3 is 10.0 Å². The minimum absolute atomic E-state index is 0.00431. The van der Waals surface area contributed by atoms with Gasteiger partial charge in [0.05, 0.1) is 11.3 Å². The lowest BCUT2D eigenvalue weighted by Gasteiger charge is -2.49. The molecule has 2 aromatic carbocycles. The summed E-state index contributed by atoms with van der Waals surface area (Å²) >= 11 is 0. The van der Waals surface area contributed by atoms with Crippen LogP contribution in [0.3, 0.4) is 0 Å². The molecule has 2 aliphatic rings. The van der Waals surface area contributed by atoms with Gasteiger partial charge in [0, 0.05) is 44.0 Å². The van der Waals surface area contributed by atoms with Crippen LogP contribution in [-0.4, -0.2) is 63.2 Å². The quantitative estimate of drug-likeness (QED) is 0.635. The predicted octanol–water partition coefficient (Wildman–Crippen LogP) is 3.30. The second-order valence-electron chi connectivity index (χ2n) is 8.71. The summed E-state index contributed by atoms with van der Waals surface area (Å²) in [4.78, 5) is 16.8. The van der Waals surface area contributed by atoms with Gasteiger partial charge in [-0.3, -0.25) is 14.8 Å². The van der Waals surface area contributed by atoms with Crippen LogP contribution in [0, 0.1) is 17.5 Å². The number of H-pyrrole nitrogens is 1. The number of aromatic nitrogens is 2. The monoisotopic (exact) mass is 456 g/mol. The minimum atomic E-state index is -1.29.